The van der Waals surface area contributed by atoms with Crippen molar-refractivity contribution in [1.82, 2.24) is 10.3 Å². The standard InChI is InChI=1S/C15H26N2OS/c1-12(2)13-5-4-6-15(11-13,17-7-9-18-3)14-16-8-10-19-14/h8,10,12-13,17H,4-7,9,11H2,1-3H3. The lowest BCUT2D eigenvalue weighted by Gasteiger charge is -2.42. The summed E-state index contributed by atoms with van der Waals surface area (Å²) in [7, 11) is 1.76. The van der Waals surface area contributed by atoms with E-state index in [2.05, 4.69) is 29.5 Å². The summed E-state index contributed by atoms with van der Waals surface area (Å²) in [6.07, 6.45) is 6.99. The Kier molecular flexibility index (Phi) is 5.37. The average molecular weight is 282 g/mol. The number of nitrogens with zero attached hydrogens (tertiary/aromatic N) is 1. The van der Waals surface area contributed by atoms with Gasteiger partial charge in [0.25, 0.3) is 0 Å². The van der Waals surface area contributed by atoms with Gasteiger partial charge in [-0.3, -0.25) is 0 Å². The summed E-state index contributed by atoms with van der Waals surface area (Å²) in [5.74, 6) is 1.55. The van der Waals surface area contributed by atoms with Crippen LogP contribution in [0.2, 0.25) is 0 Å². The zero-order chi connectivity index (χ0) is 13.7. The summed E-state index contributed by atoms with van der Waals surface area (Å²) < 4.78 is 5.19. The molecule has 2 unspecified atom stereocenters. The van der Waals surface area contributed by atoms with Gasteiger partial charge in [-0.25, -0.2) is 4.98 Å². The molecular weight excluding hydrogens is 256 g/mol. The second kappa shape index (κ2) is 6.82. The molecule has 0 bridgehead atoms. The molecule has 1 fully saturated rings. The van der Waals surface area contributed by atoms with Crippen molar-refractivity contribution in [3.8, 4) is 0 Å². The van der Waals surface area contributed by atoms with Crippen LogP contribution in [0.3, 0.4) is 0 Å². The molecule has 1 aromatic heterocycles. The van der Waals surface area contributed by atoms with Crippen LogP contribution in [-0.2, 0) is 10.3 Å². The fraction of sp³-hybridized carbons (Fsp3) is 0.800. The van der Waals surface area contributed by atoms with Crippen molar-refractivity contribution in [3.63, 3.8) is 0 Å². The van der Waals surface area contributed by atoms with Crippen LogP contribution in [0, 0.1) is 11.8 Å². The predicted molar refractivity (Wildman–Crippen MR) is 80.5 cm³/mol. The molecule has 1 aromatic rings. The minimum atomic E-state index is 0.0832. The van der Waals surface area contributed by atoms with E-state index in [1.165, 1.54) is 30.7 Å². The minimum absolute atomic E-state index is 0.0832. The van der Waals surface area contributed by atoms with Gasteiger partial charge in [-0.05, 0) is 24.7 Å². The zero-order valence-electron chi connectivity index (χ0n) is 12.3. The normalized spacial score (nSPS) is 27.9. The van der Waals surface area contributed by atoms with E-state index in [-0.39, 0.29) is 5.54 Å². The third-order valence-corrected chi connectivity index (χ3v) is 5.32. The van der Waals surface area contributed by atoms with Crippen molar-refractivity contribution in [1.29, 1.82) is 0 Å². The number of rotatable bonds is 6. The predicted octanol–water partition coefficient (Wildman–Crippen LogP) is 3.42. The second-order valence-electron chi connectivity index (χ2n) is 5.94. The smallest absolute Gasteiger partial charge is 0.113 e. The molecule has 1 aliphatic carbocycles. The highest BCUT2D eigenvalue weighted by molar-refractivity contribution is 7.09. The Bertz CT molecular complexity index is 366. The Balaban J connectivity index is 2.14. The van der Waals surface area contributed by atoms with Crippen LogP contribution in [0.15, 0.2) is 11.6 Å². The van der Waals surface area contributed by atoms with Crippen LogP contribution in [-0.4, -0.2) is 25.2 Å². The third kappa shape index (κ3) is 3.56. The van der Waals surface area contributed by atoms with Crippen LogP contribution >= 0.6 is 11.3 Å². The molecule has 1 heterocycles. The molecule has 0 saturated heterocycles. The number of aromatic nitrogens is 1. The van der Waals surface area contributed by atoms with Gasteiger partial charge >= 0.3 is 0 Å². The molecule has 0 radical (unpaired) electrons. The molecule has 0 spiro atoms. The summed E-state index contributed by atoms with van der Waals surface area (Å²) in [4.78, 5) is 4.60. The Labute approximate surface area is 120 Å². The topological polar surface area (TPSA) is 34.1 Å². The molecule has 1 aliphatic rings. The first-order chi connectivity index (χ1) is 9.18. The lowest BCUT2D eigenvalue weighted by Crippen LogP contribution is -2.48. The fourth-order valence-electron chi connectivity index (χ4n) is 3.17. The highest BCUT2D eigenvalue weighted by Gasteiger charge is 2.40. The maximum atomic E-state index is 5.19. The molecule has 4 heteroatoms. The molecule has 19 heavy (non-hydrogen) atoms. The van der Waals surface area contributed by atoms with E-state index in [4.69, 9.17) is 4.74 Å². The highest BCUT2D eigenvalue weighted by Crippen LogP contribution is 2.43. The van der Waals surface area contributed by atoms with E-state index in [0.717, 1.165) is 25.0 Å². The molecule has 0 amide bonds. The number of thiazole rings is 1. The molecule has 108 valence electrons. The van der Waals surface area contributed by atoms with Gasteiger partial charge < -0.3 is 10.1 Å². The van der Waals surface area contributed by atoms with Crippen LogP contribution in [0.25, 0.3) is 0 Å². The van der Waals surface area contributed by atoms with Crippen LogP contribution < -0.4 is 5.32 Å². The first kappa shape index (κ1) is 14.9. The molecule has 0 aromatic carbocycles. The maximum Gasteiger partial charge on any atom is 0.113 e. The lowest BCUT2D eigenvalue weighted by molar-refractivity contribution is 0.127. The van der Waals surface area contributed by atoms with E-state index in [1.807, 2.05) is 6.20 Å². The van der Waals surface area contributed by atoms with Crippen molar-refractivity contribution in [2.45, 2.75) is 45.1 Å². The Morgan fingerprint density at radius 2 is 2.42 bits per heavy atom. The molecule has 1 N–H and O–H groups in total. The monoisotopic (exact) mass is 282 g/mol. The second-order valence-corrected chi connectivity index (χ2v) is 6.83. The largest absolute Gasteiger partial charge is 0.383 e. The lowest BCUT2D eigenvalue weighted by atomic mass is 9.72. The van der Waals surface area contributed by atoms with E-state index in [0.29, 0.717) is 0 Å². The SMILES string of the molecule is COCCNC1(c2nccs2)CCCC(C(C)C)C1. The number of hydrogen-bond acceptors (Lipinski definition) is 4. The van der Waals surface area contributed by atoms with E-state index in [9.17, 15) is 0 Å². The fourth-order valence-corrected chi connectivity index (χ4v) is 4.02. The number of nitrogens with one attached hydrogen (secondary N) is 1. The summed E-state index contributed by atoms with van der Waals surface area (Å²) >= 11 is 1.79. The van der Waals surface area contributed by atoms with Gasteiger partial charge in [0.2, 0.25) is 0 Å². The van der Waals surface area contributed by atoms with Gasteiger partial charge in [-0.1, -0.05) is 26.7 Å². The quantitative estimate of drug-likeness (QED) is 0.812. The Morgan fingerprint density at radius 1 is 1.58 bits per heavy atom. The van der Waals surface area contributed by atoms with Crippen LogP contribution in [0.1, 0.15) is 44.5 Å². The van der Waals surface area contributed by atoms with Crippen molar-refractivity contribution in [3.05, 3.63) is 16.6 Å². The van der Waals surface area contributed by atoms with Crippen LogP contribution in [0.5, 0.6) is 0 Å². The number of hydrogen-bond donors (Lipinski definition) is 1. The molecule has 2 rings (SSSR count). The molecule has 3 nitrogen and oxygen atoms in total. The number of methoxy groups -OCH3 is 1. The zero-order valence-corrected chi connectivity index (χ0v) is 13.1. The van der Waals surface area contributed by atoms with Gasteiger partial charge in [-0.15, -0.1) is 11.3 Å². The average Bonchev–Trinajstić information content (AvgIpc) is 2.94. The Morgan fingerprint density at radius 3 is 3.05 bits per heavy atom. The number of ether oxygens (including phenoxy) is 1. The van der Waals surface area contributed by atoms with Crippen molar-refractivity contribution >= 4 is 11.3 Å². The van der Waals surface area contributed by atoms with Gasteiger partial charge in [-0.2, -0.15) is 0 Å². The van der Waals surface area contributed by atoms with E-state index < -0.39 is 0 Å². The van der Waals surface area contributed by atoms with Gasteiger partial charge in [0.1, 0.15) is 5.01 Å². The Hall–Kier alpha value is -0.450. The van der Waals surface area contributed by atoms with Crippen molar-refractivity contribution in [2.24, 2.45) is 11.8 Å². The molecule has 0 aliphatic heterocycles. The van der Waals surface area contributed by atoms with Gasteiger partial charge in [0.15, 0.2) is 0 Å². The highest BCUT2D eigenvalue weighted by atomic mass is 32.1. The summed E-state index contributed by atoms with van der Waals surface area (Å²) in [5.41, 5.74) is 0.0832. The molecular formula is C15H26N2OS. The first-order valence-corrected chi connectivity index (χ1v) is 8.20. The van der Waals surface area contributed by atoms with E-state index >= 15 is 0 Å². The first-order valence-electron chi connectivity index (χ1n) is 7.32. The van der Waals surface area contributed by atoms with Gasteiger partial charge in [0.05, 0.1) is 12.1 Å². The summed E-state index contributed by atoms with van der Waals surface area (Å²) in [6.45, 7) is 6.36. The van der Waals surface area contributed by atoms with Gasteiger partial charge in [0, 0.05) is 25.2 Å². The maximum absolute atomic E-state index is 5.19. The van der Waals surface area contributed by atoms with E-state index in [1.54, 1.807) is 18.4 Å². The molecule has 1 saturated carbocycles. The summed E-state index contributed by atoms with van der Waals surface area (Å²) in [5, 5.41) is 7.10. The molecule has 2 atom stereocenters. The minimum Gasteiger partial charge on any atom is -0.383 e. The van der Waals surface area contributed by atoms with Crippen LogP contribution in [0.4, 0.5) is 0 Å². The van der Waals surface area contributed by atoms with Crippen molar-refractivity contribution < 1.29 is 4.74 Å². The summed E-state index contributed by atoms with van der Waals surface area (Å²) in [6, 6.07) is 0. The van der Waals surface area contributed by atoms with Crippen molar-refractivity contribution in [2.75, 3.05) is 20.3 Å². The third-order valence-electron chi connectivity index (χ3n) is 4.34.